The van der Waals surface area contributed by atoms with E-state index in [1.807, 2.05) is 12.2 Å². The molecule has 0 bridgehead atoms. The van der Waals surface area contributed by atoms with Crippen molar-refractivity contribution in [2.45, 2.75) is 50.4 Å². The van der Waals surface area contributed by atoms with Gasteiger partial charge in [-0.15, -0.1) is 0 Å². The second-order valence-electron chi connectivity index (χ2n) is 8.40. The number of aliphatic hydroxyl groups is 1. The third-order valence-corrected chi connectivity index (χ3v) is 6.59. The fourth-order valence-electron chi connectivity index (χ4n) is 5.25. The van der Waals surface area contributed by atoms with Crippen molar-refractivity contribution >= 4 is 17.8 Å². The maximum Gasteiger partial charge on any atom is 0.313 e. The van der Waals surface area contributed by atoms with Gasteiger partial charge in [-0.3, -0.25) is 14.4 Å². The van der Waals surface area contributed by atoms with E-state index in [4.69, 9.17) is 9.47 Å². The molecule has 30 heavy (non-hydrogen) atoms. The number of likely N-dealkylation sites (tertiary alicyclic amines) is 1. The van der Waals surface area contributed by atoms with Crippen LogP contribution in [0, 0.1) is 11.8 Å². The van der Waals surface area contributed by atoms with E-state index >= 15 is 0 Å². The zero-order valence-electron chi connectivity index (χ0n) is 17.4. The van der Waals surface area contributed by atoms with Gasteiger partial charge < -0.3 is 24.4 Å². The maximum absolute atomic E-state index is 13.6. The van der Waals surface area contributed by atoms with Crippen molar-refractivity contribution in [3.8, 4) is 0 Å². The zero-order valence-corrected chi connectivity index (χ0v) is 17.4. The van der Waals surface area contributed by atoms with Crippen molar-refractivity contribution in [2.24, 2.45) is 11.8 Å². The highest BCUT2D eigenvalue weighted by atomic mass is 16.6. The molecule has 2 amide bonds. The Kier molecular flexibility index (Phi) is 5.97. The summed E-state index contributed by atoms with van der Waals surface area (Å²) in [6.07, 6.45) is 9.94. The van der Waals surface area contributed by atoms with E-state index in [0.29, 0.717) is 19.5 Å². The lowest BCUT2D eigenvalue weighted by Gasteiger charge is -2.35. The van der Waals surface area contributed by atoms with Crippen molar-refractivity contribution in [3.63, 3.8) is 0 Å². The lowest BCUT2D eigenvalue weighted by Crippen LogP contribution is -2.55. The first-order chi connectivity index (χ1) is 14.5. The van der Waals surface area contributed by atoms with Crippen molar-refractivity contribution in [2.75, 3.05) is 32.8 Å². The van der Waals surface area contributed by atoms with Gasteiger partial charge in [0.1, 0.15) is 24.2 Å². The second-order valence-corrected chi connectivity index (χ2v) is 8.40. The van der Waals surface area contributed by atoms with Gasteiger partial charge in [0.2, 0.25) is 11.8 Å². The average Bonchev–Trinajstić information content (AvgIpc) is 3.03. The molecule has 164 valence electrons. The molecule has 0 aromatic heterocycles. The Morgan fingerprint density at radius 1 is 1.13 bits per heavy atom. The largest absolute Gasteiger partial charge is 0.461 e. The summed E-state index contributed by atoms with van der Waals surface area (Å²) < 4.78 is 11.7. The minimum absolute atomic E-state index is 0.0872. The topological polar surface area (TPSA) is 96.4 Å². The van der Waals surface area contributed by atoms with Crippen LogP contribution in [0.2, 0.25) is 0 Å². The predicted octanol–water partition coefficient (Wildman–Crippen LogP) is 0.651. The van der Waals surface area contributed by atoms with Crippen LogP contribution in [-0.4, -0.2) is 83.3 Å². The van der Waals surface area contributed by atoms with Crippen LogP contribution in [0.5, 0.6) is 0 Å². The fraction of sp³-hybridized carbons (Fsp3) is 0.682. The molecule has 4 aliphatic rings. The third-order valence-electron chi connectivity index (χ3n) is 6.59. The molecule has 1 unspecified atom stereocenters. The Hall–Kier alpha value is -2.19. The number of cyclic esters (lactones) is 1. The van der Waals surface area contributed by atoms with Gasteiger partial charge in [-0.1, -0.05) is 38.0 Å². The first kappa shape index (κ1) is 21.1. The predicted molar refractivity (Wildman–Crippen MR) is 107 cm³/mol. The molecule has 0 radical (unpaired) electrons. The Bertz CT molecular complexity index is 765. The van der Waals surface area contributed by atoms with E-state index in [0.717, 1.165) is 19.3 Å². The Labute approximate surface area is 176 Å². The van der Waals surface area contributed by atoms with Crippen LogP contribution in [0.15, 0.2) is 24.3 Å². The summed E-state index contributed by atoms with van der Waals surface area (Å²) in [6.45, 7) is 3.49. The smallest absolute Gasteiger partial charge is 0.313 e. The molecule has 0 saturated carbocycles. The summed E-state index contributed by atoms with van der Waals surface area (Å²) >= 11 is 0. The van der Waals surface area contributed by atoms with Gasteiger partial charge >= 0.3 is 5.97 Å². The van der Waals surface area contributed by atoms with Gasteiger partial charge in [0, 0.05) is 26.2 Å². The quantitative estimate of drug-likeness (QED) is 0.371. The molecule has 1 spiro atoms. The molecular formula is C22H30N2O6. The fourth-order valence-corrected chi connectivity index (χ4v) is 5.25. The summed E-state index contributed by atoms with van der Waals surface area (Å²) in [4.78, 5) is 43.2. The van der Waals surface area contributed by atoms with E-state index in [2.05, 4.69) is 6.92 Å². The number of rotatable bonds is 7. The number of unbranched alkanes of at least 4 members (excludes halogenated alkanes) is 2. The molecule has 5 atom stereocenters. The summed E-state index contributed by atoms with van der Waals surface area (Å²) in [5.74, 6) is -2.48. The van der Waals surface area contributed by atoms with Crippen molar-refractivity contribution in [3.05, 3.63) is 24.3 Å². The van der Waals surface area contributed by atoms with Crippen molar-refractivity contribution < 1.29 is 29.0 Å². The SMILES string of the molecule is CCCCCN1CC=CC23O[C@@H]4C=CCOC(=O)[C@@H]4[C@H]2C(=O)N(CCCO)[C@@H]3C1=O. The summed E-state index contributed by atoms with van der Waals surface area (Å²) in [5, 5.41) is 9.33. The second kappa shape index (κ2) is 8.51. The minimum Gasteiger partial charge on any atom is -0.461 e. The van der Waals surface area contributed by atoms with Gasteiger partial charge in [-0.05, 0) is 18.9 Å². The Morgan fingerprint density at radius 3 is 2.73 bits per heavy atom. The molecule has 0 aromatic rings. The standard InChI is InChI=1S/C22H30N2O6/c1-2-3-4-10-23-11-6-9-22-17(16-15(30-22)8-5-14-29-21(16)28)19(26)24(12-7-13-25)18(22)20(23)27/h5-6,8-9,15-18,25H,2-4,7,10-14H2,1H3/t15-,16+,17+,18-,22?/m1/s1. The molecule has 4 aliphatic heterocycles. The number of ether oxygens (including phenoxy) is 2. The van der Waals surface area contributed by atoms with Crippen LogP contribution in [0.3, 0.4) is 0 Å². The minimum atomic E-state index is -1.20. The lowest BCUT2D eigenvalue weighted by molar-refractivity contribution is -0.153. The van der Waals surface area contributed by atoms with Crippen LogP contribution in [-0.2, 0) is 23.9 Å². The third kappa shape index (κ3) is 3.26. The molecule has 2 fully saturated rings. The molecule has 4 rings (SSSR count). The Morgan fingerprint density at radius 2 is 1.97 bits per heavy atom. The molecule has 2 saturated heterocycles. The number of nitrogens with zero attached hydrogens (tertiary/aromatic N) is 2. The van der Waals surface area contributed by atoms with Crippen LogP contribution in [0.1, 0.15) is 32.6 Å². The number of carbonyl (C=O) groups is 3. The maximum atomic E-state index is 13.6. The molecule has 8 heteroatoms. The number of hydrogen-bond donors (Lipinski definition) is 1. The highest BCUT2D eigenvalue weighted by Gasteiger charge is 2.71. The molecule has 8 nitrogen and oxygen atoms in total. The molecule has 1 N–H and O–H groups in total. The first-order valence-corrected chi connectivity index (χ1v) is 10.9. The number of esters is 1. The van der Waals surface area contributed by atoms with Crippen LogP contribution in [0.25, 0.3) is 0 Å². The zero-order chi connectivity index (χ0) is 21.3. The van der Waals surface area contributed by atoms with E-state index in [-0.39, 0.29) is 31.6 Å². The van der Waals surface area contributed by atoms with Crippen LogP contribution in [0.4, 0.5) is 0 Å². The van der Waals surface area contributed by atoms with Gasteiger partial charge in [0.05, 0.1) is 12.0 Å². The molecular weight excluding hydrogens is 388 g/mol. The lowest BCUT2D eigenvalue weighted by atomic mass is 9.78. The van der Waals surface area contributed by atoms with Gasteiger partial charge in [-0.25, -0.2) is 0 Å². The molecule has 0 aromatic carbocycles. The van der Waals surface area contributed by atoms with Crippen LogP contribution >= 0.6 is 0 Å². The normalized spacial score (nSPS) is 35.1. The monoisotopic (exact) mass is 418 g/mol. The number of fused-ring (bicyclic) bond motifs is 2. The van der Waals surface area contributed by atoms with E-state index in [9.17, 15) is 19.5 Å². The van der Waals surface area contributed by atoms with E-state index in [1.165, 1.54) is 4.90 Å². The summed E-state index contributed by atoms with van der Waals surface area (Å²) in [6, 6.07) is -0.838. The highest BCUT2D eigenvalue weighted by molar-refractivity contribution is 5.99. The van der Waals surface area contributed by atoms with Crippen molar-refractivity contribution in [1.29, 1.82) is 0 Å². The van der Waals surface area contributed by atoms with Gasteiger partial charge in [0.15, 0.2) is 0 Å². The number of amides is 2. The number of hydrogen-bond acceptors (Lipinski definition) is 6. The Balaban J connectivity index is 1.73. The molecule has 0 aliphatic carbocycles. The van der Waals surface area contributed by atoms with E-state index < -0.39 is 35.6 Å². The summed E-state index contributed by atoms with van der Waals surface area (Å²) in [7, 11) is 0. The first-order valence-electron chi connectivity index (χ1n) is 10.9. The number of carbonyl (C=O) groups excluding carboxylic acids is 3. The van der Waals surface area contributed by atoms with Gasteiger partial charge in [-0.2, -0.15) is 0 Å². The molecule has 4 heterocycles. The van der Waals surface area contributed by atoms with E-state index in [1.54, 1.807) is 17.1 Å². The van der Waals surface area contributed by atoms with Crippen LogP contribution < -0.4 is 0 Å². The highest BCUT2D eigenvalue weighted by Crippen LogP contribution is 2.53. The average molecular weight is 418 g/mol. The van der Waals surface area contributed by atoms with Gasteiger partial charge in [0.25, 0.3) is 0 Å². The summed E-state index contributed by atoms with van der Waals surface area (Å²) in [5.41, 5.74) is -1.20. The van der Waals surface area contributed by atoms with Crippen molar-refractivity contribution in [1.82, 2.24) is 9.80 Å². The number of aliphatic hydroxyl groups excluding tert-OH is 1.